The minimum atomic E-state index is -3.87. The Morgan fingerprint density at radius 2 is 1.48 bits per heavy atom. The summed E-state index contributed by atoms with van der Waals surface area (Å²) in [6, 6.07) is 10.0. The monoisotopic (exact) mass is 475 g/mol. The van der Waals surface area contributed by atoms with Crippen LogP contribution in [0.4, 0.5) is 15.8 Å². The molecule has 2 aromatic rings. The number of carbonyl (C=O) groups is 2. The molecular formula is C24H30FN3O4S. The van der Waals surface area contributed by atoms with Crippen LogP contribution in [0.2, 0.25) is 0 Å². The van der Waals surface area contributed by atoms with Crippen molar-refractivity contribution in [2.45, 2.75) is 56.9 Å². The summed E-state index contributed by atoms with van der Waals surface area (Å²) in [5, 5.41) is 5.69. The third-order valence-electron chi connectivity index (χ3n) is 5.75. The van der Waals surface area contributed by atoms with E-state index in [1.165, 1.54) is 24.3 Å². The Kier molecular flexibility index (Phi) is 8.07. The molecule has 9 heteroatoms. The summed E-state index contributed by atoms with van der Waals surface area (Å²) in [5.74, 6) is -1.06. The van der Waals surface area contributed by atoms with Crippen LogP contribution in [0.15, 0.2) is 53.4 Å². The van der Waals surface area contributed by atoms with Gasteiger partial charge < -0.3 is 10.6 Å². The third-order valence-corrected chi connectivity index (χ3v) is 7.15. The molecule has 0 saturated heterocycles. The van der Waals surface area contributed by atoms with Crippen molar-refractivity contribution in [1.82, 2.24) is 5.32 Å². The van der Waals surface area contributed by atoms with Gasteiger partial charge in [-0.05, 0) is 67.3 Å². The molecule has 1 atom stereocenters. The smallest absolute Gasteiger partial charge is 0.261 e. The van der Waals surface area contributed by atoms with Crippen molar-refractivity contribution in [3.63, 3.8) is 0 Å². The fourth-order valence-corrected chi connectivity index (χ4v) is 4.90. The van der Waals surface area contributed by atoms with Gasteiger partial charge in [0.1, 0.15) is 11.9 Å². The van der Waals surface area contributed by atoms with Crippen LogP contribution in [-0.4, -0.2) is 26.3 Å². The fourth-order valence-electron chi connectivity index (χ4n) is 3.84. The van der Waals surface area contributed by atoms with Gasteiger partial charge >= 0.3 is 0 Å². The number of hydrogen-bond donors (Lipinski definition) is 3. The first-order valence-electron chi connectivity index (χ1n) is 11.2. The molecule has 2 amide bonds. The Bertz CT molecular complexity index is 1060. The number of benzene rings is 2. The van der Waals surface area contributed by atoms with E-state index in [0.717, 1.165) is 44.2 Å². The number of rotatable bonds is 8. The predicted octanol–water partition coefficient (Wildman–Crippen LogP) is 4.29. The van der Waals surface area contributed by atoms with E-state index in [-0.39, 0.29) is 28.5 Å². The van der Waals surface area contributed by atoms with Crippen molar-refractivity contribution < 1.29 is 22.4 Å². The van der Waals surface area contributed by atoms with Crippen molar-refractivity contribution >= 4 is 33.2 Å². The number of anilines is 2. The van der Waals surface area contributed by atoms with Gasteiger partial charge in [-0.3, -0.25) is 14.3 Å². The Hall–Kier alpha value is -2.94. The van der Waals surface area contributed by atoms with Crippen LogP contribution in [0.1, 0.15) is 46.0 Å². The maximum Gasteiger partial charge on any atom is 0.261 e. The lowest BCUT2D eigenvalue weighted by Gasteiger charge is -2.26. The van der Waals surface area contributed by atoms with E-state index in [0.29, 0.717) is 11.4 Å². The highest BCUT2D eigenvalue weighted by atomic mass is 32.2. The minimum absolute atomic E-state index is 0.0405. The summed E-state index contributed by atoms with van der Waals surface area (Å²) < 4.78 is 40.3. The van der Waals surface area contributed by atoms with Crippen molar-refractivity contribution in [3.8, 4) is 0 Å². The molecule has 0 heterocycles. The SMILES string of the molecule is CC(C)C(NC(=O)C1CCCCC1)C(=O)Nc1ccc(NS(=O)(=O)c2ccc(F)cc2)cc1. The van der Waals surface area contributed by atoms with Crippen molar-refractivity contribution in [3.05, 3.63) is 54.3 Å². The molecule has 2 aromatic carbocycles. The Morgan fingerprint density at radius 1 is 0.909 bits per heavy atom. The molecule has 0 radical (unpaired) electrons. The summed E-state index contributed by atoms with van der Waals surface area (Å²) in [7, 11) is -3.87. The fraction of sp³-hybridized carbons (Fsp3) is 0.417. The molecule has 1 aliphatic carbocycles. The highest BCUT2D eigenvalue weighted by Gasteiger charge is 2.28. The molecule has 0 spiro atoms. The first-order chi connectivity index (χ1) is 15.7. The first kappa shape index (κ1) is 24.7. The zero-order valence-corrected chi connectivity index (χ0v) is 19.6. The molecule has 7 nitrogen and oxygen atoms in total. The van der Waals surface area contributed by atoms with E-state index in [1.54, 1.807) is 12.1 Å². The van der Waals surface area contributed by atoms with Gasteiger partial charge in [-0.2, -0.15) is 0 Å². The molecule has 3 rings (SSSR count). The van der Waals surface area contributed by atoms with Gasteiger partial charge in [0.05, 0.1) is 4.90 Å². The Balaban J connectivity index is 1.62. The second kappa shape index (κ2) is 10.8. The van der Waals surface area contributed by atoms with Gasteiger partial charge in [-0.15, -0.1) is 0 Å². The highest BCUT2D eigenvalue weighted by Crippen LogP contribution is 2.24. The van der Waals surface area contributed by atoms with Crippen molar-refractivity contribution in [2.75, 3.05) is 10.0 Å². The van der Waals surface area contributed by atoms with Crippen LogP contribution in [0.25, 0.3) is 0 Å². The molecule has 1 aliphatic rings. The lowest BCUT2D eigenvalue weighted by molar-refractivity contribution is -0.130. The summed E-state index contributed by atoms with van der Waals surface area (Å²) in [6.07, 6.45) is 4.93. The largest absolute Gasteiger partial charge is 0.344 e. The van der Waals surface area contributed by atoms with Crippen molar-refractivity contribution in [2.24, 2.45) is 11.8 Å². The Morgan fingerprint density at radius 3 is 2.06 bits per heavy atom. The number of halogens is 1. The van der Waals surface area contributed by atoms with Crippen molar-refractivity contribution in [1.29, 1.82) is 0 Å². The van der Waals surface area contributed by atoms with Gasteiger partial charge in [-0.25, -0.2) is 12.8 Å². The van der Waals surface area contributed by atoms with Crippen LogP contribution in [0.5, 0.6) is 0 Å². The highest BCUT2D eigenvalue weighted by molar-refractivity contribution is 7.92. The zero-order chi connectivity index (χ0) is 24.0. The van der Waals surface area contributed by atoms with Crippen LogP contribution >= 0.6 is 0 Å². The summed E-state index contributed by atoms with van der Waals surface area (Å²) in [4.78, 5) is 25.4. The Labute approximate surface area is 194 Å². The molecule has 1 saturated carbocycles. The zero-order valence-electron chi connectivity index (χ0n) is 18.8. The lowest BCUT2D eigenvalue weighted by atomic mass is 9.88. The van der Waals surface area contributed by atoms with Gasteiger partial charge in [-0.1, -0.05) is 33.1 Å². The normalized spacial score (nSPS) is 15.6. The average Bonchev–Trinajstić information content (AvgIpc) is 2.79. The average molecular weight is 476 g/mol. The molecule has 1 fully saturated rings. The van der Waals surface area contributed by atoms with E-state index in [9.17, 15) is 22.4 Å². The van der Waals surface area contributed by atoms with E-state index in [2.05, 4.69) is 15.4 Å². The van der Waals surface area contributed by atoms with Gasteiger partial charge in [0.2, 0.25) is 11.8 Å². The van der Waals surface area contributed by atoms with Crippen LogP contribution in [0, 0.1) is 17.7 Å². The van der Waals surface area contributed by atoms with Crippen LogP contribution in [-0.2, 0) is 19.6 Å². The molecule has 0 aliphatic heterocycles. The van der Waals surface area contributed by atoms with Gasteiger partial charge in [0, 0.05) is 17.3 Å². The number of amides is 2. The summed E-state index contributed by atoms with van der Waals surface area (Å²) in [6.45, 7) is 3.75. The van der Waals surface area contributed by atoms with Gasteiger partial charge in [0.15, 0.2) is 0 Å². The molecular weight excluding hydrogens is 445 g/mol. The molecule has 1 unspecified atom stereocenters. The molecule has 0 aromatic heterocycles. The standard InChI is InChI=1S/C24H30FN3O4S/c1-16(2)22(27-23(29)17-6-4-3-5-7-17)24(30)26-19-10-12-20(13-11-19)28-33(31,32)21-14-8-18(25)9-15-21/h8-17,22,28H,3-7H2,1-2H3,(H,26,30)(H,27,29). The summed E-state index contributed by atoms with van der Waals surface area (Å²) in [5.41, 5.74) is 0.769. The number of hydrogen-bond acceptors (Lipinski definition) is 4. The number of carbonyl (C=O) groups excluding carboxylic acids is 2. The van der Waals surface area contributed by atoms with E-state index in [1.807, 2.05) is 13.8 Å². The molecule has 3 N–H and O–H groups in total. The topological polar surface area (TPSA) is 104 Å². The third kappa shape index (κ3) is 6.77. The van der Waals surface area contributed by atoms with Gasteiger partial charge in [0.25, 0.3) is 10.0 Å². The van der Waals surface area contributed by atoms with E-state index in [4.69, 9.17) is 0 Å². The van der Waals surface area contributed by atoms with Crippen LogP contribution < -0.4 is 15.4 Å². The molecule has 0 bridgehead atoms. The second-order valence-corrected chi connectivity index (χ2v) is 10.4. The molecule has 33 heavy (non-hydrogen) atoms. The first-order valence-corrected chi connectivity index (χ1v) is 12.6. The number of sulfonamides is 1. The molecule has 178 valence electrons. The quantitative estimate of drug-likeness (QED) is 0.530. The van der Waals surface area contributed by atoms with E-state index < -0.39 is 21.9 Å². The second-order valence-electron chi connectivity index (χ2n) is 8.69. The predicted molar refractivity (Wildman–Crippen MR) is 126 cm³/mol. The number of nitrogens with one attached hydrogen (secondary N) is 3. The maximum absolute atomic E-state index is 13.0. The van der Waals surface area contributed by atoms with E-state index >= 15 is 0 Å². The lowest BCUT2D eigenvalue weighted by Crippen LogP contribution is -2.49. The maximum atomic E-state index is 13.0. The minimum Gasteiger partial charge on any atom is -0.344 e. The van der Waals surface area contributed by atoms with Crippen LogP contribution in [0.3, 0.4) is 0 Å². The summed E-state index contributed by atoms with van der Waals surface area (Å²) >= 11 is 0.